The van der Waals surface area contributed by atoms with E-state index in [1.54, 1.807) is 24.9 Å². The number of benzene rings is 1. The van der Waals surface area contributed by atoms with Crippen LogP contribution in [0.25, 0.3) is 0 Å². The van der Waals surface area contributed by atoms with Gasteiger partial charge in [-0.1, -0.05) is 0 Å². The van der Waals surface area contributed by atoms with Gasteiger partial charge in [0.25, 0.3) is 0 Å². The van der Waals surface area contributed by atoms with Crippen molar-refractivity contribution >= 4 is 17.7 Å². The van der Waals surface area contributed by atoms with Gasteiger partial charge in [0, 0.05) is 37.4 Å². The number of halogens is 1. The molecule has 0 saturated carbocycles. The Kier molecular flexibility index (Phi) is 5.89. The molecule has 0 atom stereocenters. The number of nitrogens with zero attached hydrogens (tertiary/aromatic N) is 2. The number of thioether (sulfide) groups is 1. The number of hydrogen-bond donors (Lipinski definition) is 2. The molecule has 22 heavy (non-hydrogen) atoms. The summed E-state index contributed by atoms with van der Waals surface area (Å²) in [4.78, 5) is 10.5. The Hall–Kier alpha value is -1.95. The maximum atomic E-state index is 13.4. The van der Waals surface area contributed by atoms with Crippen molar-refractivity contribution in [2.24, 2.45) is 4.99 Å². The molecule has 0 spiro atoms. The molecule has 118 valence electrons. The lowest BCUT2D eigenvalue weighted by Gasteiger charge is -2.22. The highest BCUT2D eigenvalue weighted by Crippen LogP contribution is 2.21. The van der Waals surface area contributed by atoms with E-state index >= 15 is 0 Å². The first-order chi connectivity index (χ1) is 10.6. The number of H-pyrrole nitrogens is 1. The van der Waals surface area contributed by atoms with Crippen molar-refractivity contribution in [3.8, 4) is 0 Å². The van der Waals surface area contributed by atoms with Crippen LogP contribution in [-0.2, 0) is 13.1 Å². The fourth-order valence-electron chi connectivity index (χ4n) is 2.24. The molecular formula is C16H21FN4S. The van der Waals surface area contributed by atoms with Gasteiger partial charge < -0.3 is 15.2 Å². The molecule has 0 saturated heterocycles. The zero-order valence-electron chi connectivity index (χ0n) is 13.1. The third-order valence-corrected chi connectivity index (χ3v) is 4.16. The zero-order chi connectivity index (χ0) is 15.9. The zero-order valence-corrected chi connectivity index (χ0v) is 13.9. The van der Waals surface area contributed by atoms with Gasteiger partial charge in [0.2, 0.25) is 0 Å². The summed E-state index contributed by atoms with van der Waals surface area (Å²) in [5.74, 6) is 0.551. The van der Waals surface area contributed by atoms with Gasteiger partial charge in [-0.15, -0.1) is 11.8 Å². The van der Waals surface area contributed by atoms with Crippen molar-refractivity contribution in [1.29, 1.82) is 0 Å². The van der Waals surface area contributed by atoms with E-state index in [0.717, 1.165) is 28.7 Å². The molecule has 2 rings (SSSR count). The topological polar surface area (TPSA) is 43.4 Å². The minimum absolute atomic E-state index is 0.218. The van der Waals surface area contributed by atoms with Gasteiger partial charge in [-0.2, -0.15) is 0 Å². The molecule has 1 heterocycles. The first-order valence-electron chi connectivity index (χ1n) is 7.00. The van der Waals surface area contributed by atoms with Crippen LogP contribution in [0.1, 0.15) is 11.3 Å². The summed E-state index contributed by atoms with van der Waals surface area (Å²) < 4.78 is 13.4. The van der Waals surface area contributed by atoms with E-state index < -0.39 is 0 Å². The summed E-state index contributed by atoms with van der Waals surface area (Å²) in [6, 6.07) is 8.86. The van der Waals surface area contributed by atoms with E-state index in [-0.39, 0.29) is 5.82 Å². The van der Waals surface area contributed by atoms with Gasteiger partial charge in [0.15, 0.2) is 5.96 Å². The molecule has 4 nitrogen and oxygen atoms in total. The summed E-state index contributed by atoms with van der Waals surface area (Å²) in [7, 11) is 3.71. The van der Waals surface area contributed by atoms with Crippen LogP contribution in [0.2, 0.25) is 0 Å². The molecule has 1 aromatic heterocycles. The minimum atomic E-state index is -0.218. The lowest BCUT2D eigenvalue weighted by Crippen LogP contribution is -2.38. The Bertz CT molecular complexity index is 625. The normalized spacial score (nSPS) is 11.5. The molecule has 0 fully saturated rings. The monoisotopic (exact) mass is 320 g/mol. The number of rotatable bonds is 5. The second kappa shape index (κ2) is 7.89. The van der Waals surface area contributed by atoms with Gasteiger partial charge >= 0.3 is 0 Å². The SMILES string of the molecule is CN=C(NCc1cc(F)ccc1SC)N(C)Cc1ccc[nH]1. The van der Waals surface area contributed by atoms with Gasteiger partial charge in [0.05, 0.1) is 6.54 Å². The predicted octanol–water partition coefficient (Wildman–Crippen LogP) is 3.08. The fraction of sp³-hybridized carbons (Fsp3) is 0.312. The number of nitrogens with one attached hydrogen (secondary N) is 2. The second-order valence-corrected chi connectivity index (χ2v) is 5.76. The third kappa shape index (κ3) is 4.27. The van der Waals surface area contributed by atoms with E-state index in [0.29, 0.717) is 6.54 Å². The molecule has 0 aliphatic heterocycles. The molecule has 6 heteroatoms. The van der Waals surface area contributed by atoms with E-state index in [4.69, 9.17) is 0 Å². The Morgan fingerprint density at radius 3 is 2.86 bits per heavy atom. The van der Waals surface area contributed by atoms with Crippen LogP contribution < -0.4 is 5.32 Å². The van der Waals surface area contributed by atoms with Crippen LogP contribution >= 0.6 is 11.8 Å². The smallest absolute Gasteiger partial charge is 0.194 e. The molecular weight excluding hydrogens is 299 g/mol. The maximum Gasteiger partial charge on any atom is 0.194 e. The molecule has 1 aromatic carbocycles. The first kappa shape index (κ1) is 16.4. The first-order valence-corrected chi connectivity index (χ1v) is 8.23. The van der Waals surface area contributed by atoms with Crippen LogP contribution in [0.15, 0.2) is 46.4 Å². The molecule has 0 unspecified atom stereocenters. The van der Waals surface area contributed by atoms with Gasteiger partial charge in [-0.25, -0.2) is 4.39 Å². The molecule has 0 bridgehead atoms. The maximum absolute atomic E-state index is 13.4. The quantitative estimate of drug-likeness (QED) is 0.505. The van der Waals surface area contributed by atoms with Crippen molar-refractivity contribution < 1.29 is 4.39 Å². The fourth-order valence-corrected chi connectivity index (χ4v) is 2.84. The predicted molar refractivity (Wildman–Crippen MR) is 90.6 cm³/mol. The van der Waals surface area contributed by atoms with Crippen LogP contribution in [0, 0.1) is 5.82 Å². The molecule has 0 aliphatic carbocycles. The average Bonchev–Trinajstić information content (AvgIpc) is 3.01. The summed E-state index contributed by atoms with van der Waals surface area (Å²) >= 11 is 1.61. The highest BCUT2D eigenvalue weighted by atomic mass is 32.2. The lowest BCUT2D eigenvalue weighted by atomic mass is 10.2. The van der Waals surface area contributed by atoms with Crippen LogP contribution in [0.5, 0.6) is 0 Å². The molecule has 2 aromatic rings. The Balaban J connectivity index is 2.00. The van der Waals surface area contributed by atoms with Crippen LogP contribution in [-0.4, -0.2) is 36.2 Å². The second-order valence-electron chi connectivity index (χ2n) is 4.91. The molecule has 2 N–H and O–H groups in total. The van der Waals surface area contributed by atoms with Crippen molar-refractivity contribution in [3.05, 3.63) is 53.6 Å². The summed E-state index contributed by atoms with van der Waals surface area (Å²) in [6.07, 6.45) is 3.89. The summed E-state index contributed by atoms with van der Waals surface area (Å²) in [5, 5.41) is 3.28. The Labute approximate surface area is 134 Å². The van der Waals surface area contributed by atoms with Gasteiger partial charge in [-0.05, 0) is 42.2 Å². The van der Waals surface area contributed by atoms with E-state index in [1.165, 1.54) is 6.07 Å². The Morgan fingerprint density at radius 2 is 2.23 bits per heavy atom. The number of aromatic nitrogens is 1. The molecule has 0 radical (unpaired) electrons. The Morgan fingerprint density at radius 1 is 1.41 bits per heavy atom. The highest BCUT2D eigenvalue weighted by Gasteiger charge is 2.09. The largest absolute Gasteiger partial charge is 0.364 e. The van der Waals surface area contributed by atoms with Crippen LogP contribution in [0.4, 0.5) is 4.39 Å². The van der Waals surface area contributed by atoms with E-state index in [9.17, 15) is 4.39 Å². The molecule has 0 amide bonds. The van der Waals surface area contributed by atoms with E-state index in [1.807, 2.05) is 42.6 Å². The standard InChI is InChI=1S/C16H21FN4S/c1-18-16(21(2)11-14-5-4-8-19-14)20-10-12-9-13(17)6-7-15(12)22-3/h4-9,19H,10-11H2,1-3H3,(H,18,20). The summed E-state index contributed by atoms with van der Waals surface area (Å²) in [6.45, 7) is 1.26. The van der Waals surface area contributed by atoms with Gasteiger partial charge in [0.1, 0.15) is 5.82 Å². The lowest BCUT2D eigenvalue weighted by molar-refractivity contribution is 0.470. The average molecular weight is 320 g/mol. The number of guanidine groups is 1. The number of aliphatic imine (C=N–C) groups is 1. The van der Waals surface area contributed by atoms with Crippen molar-refractivity contribution in [2.75, 3.05) is 20.4 Å². The van der Waals surface area contributed by atoms with Crippen molar-refractivity contribution in [1.82, 2.24) is 15.2 Å². The van der Waals surface area contributed by atoms with Gasteiger partial charge in [-0.3, -0.25) is 4.99 Å². The number of aromatic amines is 1. The van der Waals surface area contributed by atoms with Crippen LogP contribution in [0.3, 0.4) is 0 Å². The molecule has 0 aliphatic rings. The minimum Gasteiger partial charge on any atom is -0.364 e. The van der Waals surface area contributed by atoms with Crippen molar-refractivity contribution in [3.63, 3.8) is 0 Å². The summed E-state index contributed by atoms with van der Waals surface area (Å²) in [5.41, 5.74) is 2.04. The number of hydrogen-bond acceptors (Lipinski definition) is 2. The third-order valence-electron chi connectivity index (χ3n) is 3.32. The van der Waals surface area contributed by atoms with E-state index in [2.05, 4.69) is 15.3 Å². The highest BCUT2D eigenvalue weighted by molar-refractivity contribution is 7.98. The van der Waals surface area contributed by atoms with Crippen molar-refractivity contribution in [2.45, 2.75) is 18.0 Å².